The molecule has 1 aromatic carbocycles. The van der Waals surface area contributed by atoms with Gasteiger partial charge >= 0.3 is 6.18 Å². The summed E-state index contributed by atoms with van der Waals surface area (Å²) in [5, 5.41) is 13.2. The molecule has 2 rings (SSSR count). The number of phenols is 1. The molecule has 0 bridgehead atoms. The summed E-state index contributed by atoms with van der Waals surface area (Å²) in [6, 6.07) is 5.35. The third-order valence-corrected chi connectivity index (χ3v) is 3.12. The van der Waals surface area contributed by atoms with E-state index in [-0.39, 0.29) is 16.6 Å². The highest BCUT2D eigenvalue weighted by Crippen LogP contribution is 2.32. The zero-order chi connectivity index (χ0) is 17.7. The third kappa shape index (κ3) is 4.51. The van der Waals surface area contributed by atoms with Crippen LogP contribution in [0, 0.1) is 0 Å². The number of benzene rings is 1. The minimum atomic E-state index is -4.51. The molecule has 0 aliphatic carbocycles. The van der Waals surface area contributed by atoms with Crippen molar-refractivity contribution in [3.05, 3.63) is 46.6 Å². The molecule has 0 aliphatic rings. The Morgan fingerprint density at radius 2 is 2.12 bits per heavy atom. The molecule has 2 aromatic rings. The molecule has 0 fully saturated rings. The molecular formula is C15H13ClF3N3O2. The lowest BCUT2D eigenvalue weighted by atomic mass is 10.2. The molecule has 0 atom stereocenters. The monoisotopic (exact) mass is 359 g/mol. The summed E-state index contributed by atoms with van der Waals surface area (Å²) in [6.07, 6.45) is -2.46. The highest BCUT2D eigenvalue weighted by atomic mass is 35.5. The van der Waals surface area contributed by atoms with Gasteiger partial charge < -0.3 is 9.84 Å². The van der Waals surface area contributed by atoms with Crippen LogP contribution in [0.1, 0.15) is 18.1 Å². The Morgan fingerprint density at radius 3 is 2.75 bits per heavy atom. The first kappa shape index (κ1) is 17.9. The number of phenolic OH excluding ortho intramolecular Hbond substituents is 1. The van der Waals surface area contributed by atoms with E-state index in [1.807, 2.05) is 0 Å². The summed E-state index contributed by atoms with van der Waals surface area (Å²) >= 11 is 5.75. The summed E-state index contributed by atoms with van der Waals surface area (Å²) in [6.45, 7) is 2.16. The van der Waals surface area contributed by atoms with Gasteiger partial charge in [-0.1, -0.05) is 11.6 Å². The number of nitrogens with zero attached hydrogens (tertiary/aromatic N) is 2. The average Bonchev–Trinajstić information content (AvgIpc) is 2.51. The van der Waals surface area contributed by atoms with E-state index in [0.717, 1.165) is 6.07 Å². The zero-order valence-electron chi connectivity index (χ0n) is 12.4. The van der Waals surface area contributed by atoms with Crippen molar-refractivity contribution >= 4 is 23.6 Å². The number of aromatic nitrogens is 1. The van der Waals surface area contributed by atoms with Gasteiger partial charge in [0.2, 0.25) is 0 Å². The highest BCUT2D eigenvalue weighted by Gasteiger charge is 2.31. The molecule has 0 aliphatic heterocycles. The number of halogens is 4. The number of hydrogen-bond acceptors (Lipinski definition) is 5. The Morgan fingerprint density at radius 1 is 1.38 bits per heavy atom. The molecule has 0 unspecified atom stereocenters. The maximum atomic E-state index is 12.5. The molecule has 0 spiro atoms. The Bertz CT molecular complexity index is 751. The van der Waals surface area contributed by atoms with Gasteiger partial charge in [0.1, 0.15) is 0 Å². The maximum Gasteiger partial charge on any atom is 0.417 e. The van der Waals surface area contributed by atoms with Gasteiger partial charge in [-0.3, -0.25) is 5.43 Å². The summed E-state index contributed by atoms with van der Waals surface area (Å²) < 4.78 is 42.8. The Balaban J connectivity index is 2.10. The van der Waals surface area contributed by atoms with Crippen LogP contribution in [-0.4, -0.2) is 22.9 Å². The fourth-order valence-corrected chi connectivity index (χ4v) is 1.93. The first-order chi connectivity index (χ1) is 11.3. The number of hydrazone groups is 1. The second-order valence-electron chi connectivity index (χ2n) is 4.58. The van der Waals surface area contributed by atoms with Crippen LogP contribution >= 0.6 is 11.6 Å². The van der Waals surface area contributed by atoms with Crippen molar-refractivity contribution in [3.63, 3.8) is 0 Å². The Hall–Kier alpha value is -2.48. The van der Waals surface area contributed by atoms with Gasteiger partial charge in [0.25, 0.3) is 0 Å². The standard InChI is InChI=1S/C15H13ClF3N3O2/c1-2-24-13-5-9(3-4-12(13)23)7-21-22-14-11(16)6-10(8-20-14)15(17,18)19/h3-8,23H,2H2,1H3,(H,20,22)/b21-7+. The third-order valence-electron chi connectivity index (χ3n) is 2.84. The van der Waals surface area contributed by atoms with Crippen molar-refractivity contribution in [2.45, 2.75) is 13.1 Å². The van der Waals surface area contributed by atoms with Gasteiger partial charge in [-0.15, -0.1) is 0 Å². The summed E-state index contributed by atoms with van der Waals surface area (Å²) in [5.74, 6) is 0.284. The van der Waals surface area contributed by atoms with Crippen molar-refractivity contribution in [1.29, 1.82) is 0 Å². The molecular weight excluding hydrogens is 347 g/mol. The highest BCUT2D eigenvalue weighted by molar-refractivity contribution is 6.32. The smallest absolute Gasteiger partial charge is 0.417 e. The molecule has 1 aromatic heterocycles. The lowest BCUT2D eigenvalue weighted by molar-refractivity contribution is -0.137. The first-order valence-electron chi connectivity index (χ1n) is 6.79. The van der Waals surface area contributed by atoms with E-state index in [2.05, 4.69) is 15.5 Å². The normalized spacial score (nSPS) is 11.7. The number of nitrogens with one attached hydrogen (secondary N) is 1. The lowest BCUT2D eigenvalue weighted by Gasteiger charge is -2.08. The molecule has 1 heterocycles. The second kappa shape index (κ2) is 7.39. The summed E-state index contributed by atoms with van der Waals surface area (Å²) in [7, 11) is 0. The van der Waals surface area contributed by atoms with Gasteiger partial charge in [0.05, 0.1) is 23.4 Å². The van der Waals surface area contributed by atoms with Crippen LogP contribution in [0.15, 0.2) is 35.6 Å². The number of alkyl halides is 3. The van der Waals surface area contributed by atoms with Crippen LogP contribution in [0.25, 0.3) is 0 Å². The van der Waals surface area contributed by atoms with E-state index < -0.39 is 11.7 Å². The molecule has 0 saturated heterocycles. The van der Waals surface area contributed by atoms with Gasteiger partial charge in [-0.2, -0.15) is 18.3 Å². The second-order valence-corrected chi connectivity index (χ2v) is 4.99. The van der Waals surface area contributed by atoms with Crippen LogP contribution in [0.4, 0.5) is 19.0 Å². The molecule has 5 nitrogen and oxygen atoms in total. The minimum absolute atomic E-state index is 0.00518. The molecule has 9 heteroatoms. The van der Waals surface area contributed by atoms with E-state index in [0.29, 0.717) is 24.1 Å². The number of anilines is 1. The fourth-order valence-electron chi connectivity index (χ4n) is 1.73. The van der Waals surface area contributed by atoms with Crippen LogP contribution in [0.5, 0.6) is 11.5 Å². The number of ether oxygens (including phenoxy) is 1. The average molecular weight is 360 g/mol. The van der Waals surface area contributed by atoms with Crippen molar-refractivity contribution in [1.82, 2.24) is 4.98 Å². The zero-order valence-corrected chi connectivity index (χ0v) is 13.2. The number of pyridine rings is 1. The maximum absolute atomic E-state index is 12.5. The number of hydrogen-bond donors (Lipinski definition) is 2. The molecule has 128 valence electrons. The fraction of sp³-hybridized carbons (Fsp3) is 0.200. The summed E-state index contributed by atoms with van der Waals surface area (Å²) in [4.78, 5) is 3.60. The van der Waals surface area contributed by atoms with Crippen LogP contribution in [-0.2, 0) is 6.18 Å². The lowest BCUT2D eigenvalue weighted by Crippen LogP contribution is -2.06. The topological polar surface area (TPSA) is 66.7 Å². The molecule has 2 N–H and O–H groups in total. The molecule has 0 saturated carbocycles. The van der Waals surface area contributed by atoms with Gasteiger partial charge in [-0.25, -0.2) is 4.98 Å². The van der Waals surface area contributed by atoms with Crippen molar-refractivity contribution < 1.29 is 23.0 Å². The molecule has 0 radical (unpaired) electrons. The van der Waals surface area contributed by atoms with Crippen molar-refractivity contribution in [2.24, 2.45) is 5.10 Å². The van der Waals surface area contributed by atoms with E-state index >= 15 is 0 Å². The van der Waals surface area contributed by atoms with E-state index in [1.165, 1.54) is 12.3 Å². The number of rotatable bonds is 5. The van der Waals surface area contributed by atoms with E-state index in [4.69, 9.17) is 16.3 Å². The van der Waals surface area contributed by atoms with Gasteiger partial charge in [0.15, 0.2) is 17.3 Å². The quantitative estimate of drug-likeness (QED) is 0.617. The minimum Gasteiger partial charge on any atom is -0.504 e. The predicted molar refractivity (Wildman–Crippen MR) is 84.7 cm³/mol. The van der Waals surface area contributed by atoms with Gasteiger partial charge in [0, 0.05) is 6.20 Å². The van der Waals surface area contributed by atoms with Crippen molar-refractivity contribution in [3.8, 4) is 11.5 Å². The van der Waals surface area contributed by atoms with Crippen LogP contribution < -0.4 is 10.2 Å². The number of aromatic hydroxyl groups is 1. The SMILES string of the molecule is CCOc1cc(/C=N/Nc2ncc(C(F)(F)F)cc2Cl)ccc1O. The molecule has 0 amide bonds. The van der Waals surface area contributed by atoms with Gasteiger partial charge in [-0.05, 0) is 36.8 Å². The van der Waals surface area contributed by atoms with E-state index in [1.54, 1.807) is 19.1 Å². The Labute approximate surface area is 140 Å². The summed E-state index contributed by atoms with van der Waals surface area (Å²) in [5.41, 5.74) is 2.12. The van der Waals surface area contributed by atoms with E-state index in [9.17, 15) is 18.3 Å². The Kier molecular flexibility index (Phi) is 5.50. The van der Waals surface area contributed by atoms with Crippen LogP contribution in [0.2, 0.25) is 5.02 Å². The molecule has 24 heavy (non-hydrogen) atoms. The van der Waals surface area contributed by atoms with Crippen molar-refractivity contribution in [2.75, 3.05) is 12.0 Å². The van der Waals surface area contributed by atoms with Crippen LogP contribution in [0.3, 0.4) is 0 Å². The predicted octanol–water partition coefficient (Wildman–Crippen LogP) is 4.30. The first-order valence-corrected chi connectivity index (χ1v) is 7.16. The largest absolute Gasteiger partial charge is 0.504 e.